The lowest BCUT2D eigenvalue weighted by molar-refractivity contribution is -0.875. The SMILES string of the molecule is CC[N+]([O-])(CC)CCNc1ccc(/N=C2\C=C(C)C(=O)C=C2NCCO)cc1. The molecule has 0 saturated heterocycles. The number of anilines is 1. The van der Waals surface area contributed by atoms with E-state index in [0.29, 0.717) is 49.7 Å². The minimum atomic E-state index is -0.195. The summed E-state index contributed by atoms with van der Waals surface area (Å²) in [7, 11) is 0. The zero-order valence-electron chi connectivity index (χ0n) is 16.9. The maximum absolute atomic E-state index is 12.3. The van der Waals surface area contributed by atoms with Crippen LogP contribution in [0, 0.1) is 5.21 Å². The van der Waals surface area contributed by atoms with Crippen LogP contribution < -0.4 is 10.6 Å². The Bertz CT molecular complexity index is 762. The first-order chi connectivity index (χ1) is 13.4. The van der Waals surface area contributed by atoms with Gasteiger partial charge in [0.05, 0.1) is 49.9 Å². The van der Waals surface area contributed by atoms with Crippen molar-refractivity contribution in [1.82, 2.24) is 5.32 Å². The number of rotatable bonds is 10. The highest BCUT2D eigenvalue weighted by Gasteiger charge is 2.16. The Morgan fingerprint density at radius 1 is 1.07 bits per heavy atom. The number of hydrogen-bond acceptors (Lipinski definition) is 6. The number of aliphatic hydroxyl groups is 1. The maximum atomic E-state index is 12.3. The molecule has 0 radical (unpaired) electrons. The molecule has 152 valence electrons. The largest absolute Gasteiger partial charge is 0.633 e. The predicted octanol–water partition coefficient (Wildman–Crippen LogP) is 2.52. The van der Waals surface area contributed by atoms with Gasteiger partial charge in [0.15, 0.2) is 5.78 Å². The van der Waals surface area contributed by atoms with Crippen molar-refractivity contribution in [3.8, 4) is 0 Å². The van der Waals surface area contributed by atoms with Crippen LogP contribution in [0.1, 0.15) is 20.8 Å². The monoisotopic (exact) mass is 386 g/mol. The summed E-state index contributed by atoms with van der Waals surface area (Å²) >= 11 is 0. The Labute approximate surface area is 166 Å². The van der Waals surface area contributed by atoms with Crippen molar-refractivity contribution >= 4 is 22.9 Å². The molecule has 1 aromatic carbocycles. The van der Waals surface area contributed by atoms with Crippen LogP contribution in [0.2, 0.25) is 0 Å². The molecule has 0 bridgehead atoms. The van der Waals surface area contributed by atoms with Crippen LogP contribution in [-0.4, -0.2) is 60.6 Å². The summed E-state index contributed by atoms with van der Waals surface area (Å²) in [5.41, 5.74) is 3.58. The summed E-state index contributed by atoms with van der Waals surface area (Å²) < 4.78 is -0.195. The van der Waals surface area contributed by atoms with Crippen molar-refractivity contribution in [3.63, 3.8) is 0 Å². The van der Waals surface area contributed by atoms with E-state index in [1.165, 1.54) is 6.08 Å². The average Bonchev–Trinajstić information content (AvgIpc) is 2.70. The lowest BCUT2D eigenvalue weighted by Gasteiger charge is -2.41. The number of carbonyl (C=O) groups is 1. The second-order valence-electron chi connectivity index (χ2n) is 6.78. The van der Waals surface area contributed by atoms with Crippen molar-refractivity contribution in [1.29, 1.82) is 0 Å². The molecule has 0 heterocycles. The zero-order chi connectivity index (χ0) is 20.6. The molecule has 0 saturated carbocycles. The smallest absolute Gasteiger partial charge is 0.183 e. The number of allylic oxidation sites excluding steroid dienone is 3. The highest BCUT2D eigenvalue weighted by Crippen LogP contribution is 2.20. The van der Waals surface area contributed by atoms with Crippen LogP contribution in [0.15, 0.2) is 52.7 Å². The topological polar surface area (TPSA) is 96.8 Å². The number of hydrogen-bond donors (Lipinski definition) is 3. The van der Waals surface area contributed by atoms with E-state index in [9.17, 15) is 10.0 Å². The van der Waals surface area contributed by atoms with Crippen LogP contribution in [0.25, 0.3) is 0 Å². The summed E-state index contributed by atoms with van der Waals surface area (Å²) in [6.07, 6.45) is 3.25. The Balaban J connectivity index is 2.05. The third kappa shape index (κ3) is 6.02. The molecule has 1 aliphatic rings. The Hall–Kier alpha value is -2.48. The number of hydroxylamine groups is 3. The molecule has 0 spiro atoms. The minimum absolute atomic E-state index is 0.0265. The number of benzene rings is 1. The van der Waals surface area contributed by atoms with Crippen LogP contribution in [0.5, 0.6) is 0 Å². The quantitative estimate of drug-likeness (QED) is 0.326. The van der Waals surface area contributed by atoms with Gasteiger partial charge in [-0.15, -0.1) is 0 Å². The molecule has 0 atom stereocenters. The average molecular weight is 386 g/mol. The van der Waals surface area contributed by atoms with Crippen LogP contribution in [0.3, 0.4) is 0 Å². The Morgan fingerprint density at radius 3 is 2.36 bits per heavy atom. The Kier molecular flexibility index (Phi) is 7.92. The van der Waals surface area contributed by atoms with E-state index in [1.807, 2.05) is 38.1 Å². The van der Waals surface area contributed by atoms with E-state index in [2.05, 4.69) is 15.6 Å². The number of aliphatic imine (C=N–C) groups is 1. The molecule has 0 aliphatic heterocycles. The van der Waals surface area contributed by atoms with Crippen molar-refractivity contribution in [3.05, 3.63) is 52.9 Å². The first kappa shape index (κ1) is 21.8. The van der Waals surface area contributed by atoms with Crippen molar-refractivity contribution < 1.29 is 14.5 Å². The number of quaternary nitrogens is 1. The molecule has 28 heavy (non-hydrogen) atoms. The van der Waals surface area contributed by atoms with Gasteiger partial charge in [0, 0.05) is 18.3 Å². The number of nitrogens with one attached hydrogen (secondary N) is 2. The first-order valence-corrected chi connectivity index (χ1v) is 9.70. The van der Waals surface area contributed by atoms with E-state index < -0.39 is 0 Å². The van der Waals surface area contributed by atoms with Crippen LogP contribution >= 0.6 is 0 Å². The van der Waals surface area contributed by atoms with E-state index in [-0.39, 0.29) is 17.0 Å². The Morgan fingerprint density at radius 2 is 1.75 bits per heavy atom. The van der Waals surface area contributed by atoms with Crippen LogP contribution in [-0.2, 0) is 4.79 Å². The molecule has 0 fully saturated rings. The van der Waals surface area contributed by atoms with Gasteiger partial charge in [0.1, 0.15) is 0 Å². The van der Waals surface area contributed by atoms with E-state index in [1.54, 1.807) is 13.0 Å². The van der Waals surface area contributed by atoms with Gasteiger partial charge < -0.3 is 25.6 Å². The molecule has 1 aliphatic carbocycles. The second kappa shape index (κ2) is 10.2. The maximum Gasteiger partial charge on any atom is 0.183 e. The van der Waals surface area contributed by atoms with Gasteiger partial charge in [-0.3, -0.25) is 4.79 Å². The molecule has 0 aromatic heterocycles. The van der Waals surface area contributed by atoms with Gasteiger partial charge in [0.2, 0.25) is 0 Å². The molecule has 3 N–H and O–H groups in total. The van der Waals surface area contributed by atoms with E-state index in [0.717, 1.165) is 11.4 Å². The summed E-state index contributed by atoms with van der Waals surface area (Å²) in [5, 5.41) is 27.6. The van der Waals surface area contributed by atoms with E-state index >= 15 is 0 Å². The fourth-order valence-electron chi connectivity index (χ4n) is 2.83. The van der Waals surface area contributed by atoms with Gasteiger partial charge in [0.25, 0.3) is 0 Å². The molecule has 2 rings (SSSR count). The first-order valence-electron chi connectivity index (χ1n) is 9.70. The normalized spacial score (nSPS) is 16.0. The predicted molar refractivity (Wildman–Crippen MR) is 114 cm³/mol. The summed E-state index contributed by atoms with van der Waals surface area (Å²) in [6.45, 7) is 8.19. The lowest BCUT2D eigenvalue weighted by Crippen LogP contribution is -2.44. The third-order valence-corrected chi connectivity index (χ3v) is 4.84. The highest BCUT2D eigenvalue weighted by molar-refractivity contribution is 6.22. The molecule has 0 amide bonds. The summed E-state index contributed by atoms with van der Waals surface area (Å²) in [5.74, 6) is -0.0639. The summed E-state index contributed by atoms with van der Waals surface area (Å²) in [6, 6.07) is 7.62. The molecule has 7 nitrogen and oxygen atoms in total. The van der Waals surface area contributed by atoms with Crippen molar-refractivity contribution in [2.24, 2.45) is 4.99 Å². The fraction of sp³-hybridized carbons (Fsp3) is 0.429. The fourth-order valence-corrected chi connectivity index (χ4v) is 2.83. The van der Waals surface area contributed by atoms with Gasteiger partial charge in [-0.2, -0.15) is 0 Å². The number of nitrogens with zero attached hydrogens (tertiary/aromatic N) is 2. The van der Waals surface area contributed by atoms with Gasteiger partial charge in [-0.05, 0) is 56.7 Å². The number of carbonyl (C=O) groups excluding carboxylic acids is 1. The van der Waals surface area contributed by atoms with Crippen molar-refractivity contribution in [2.45, 2.75) is 20.8 Å². The standard InChI is InChI=1S/C21H30N4O3/c1-4-25(28,5-2)12-10-22-17-6-8-18(9-7-17)24-20-14-16(3)21(27)15-19(20)23-11-13-26/h6-9,14-15,22-23,26H,4-5,10-13H2,1-3H3/b24-20+. The zero-order valence-corrected chi connectivity index (χ0v) is 16.9. The molecular formula is C21H30N4O3. The number of aliphatic hydroxyl groups excluding tert-OH is 1. The molecule has 1 aromatic rings. The molecule has 0 unspecified atom stereocenters. The minimum Gasteiger partial charge on any atom is -0.633 e. The van der Waals surface area contributed by atoms with Crippen molar-refractivity contribution in [2.75, 3.05) is 44.6 Å². The summed E-state index contributed by atoms with van der Waals surface area (Å²) in [4.78, 5) is 16.5. The van der Waals surface area contributed by atoms with E-state index in [4.69, 9.17) is 5.11 Å². The number of ketones is 1. The van der Waals surface area contributed by atoms with Gasteiger partial charge in [-0.1, -0.05) is 0 Å². The number of likely N-dealkylation sites (N-methyl/N-ethyl adjacent to an activating group) is 1. The highest BCUT2D eigenvalue weighted by atomic mass is 16.5. The molecule has 7 heteroatoms. The third-order valence-electron chi connectivity index (χ3n) is 4.84. The van der Waals surface area contributed by atoms with Crippen LogP contribution in [0.4, 0.5) is 11.4 Å². The van der Waals surface area contributed by atoms with Gasteiger partial charge >= 0.3 is 0 Å². The van der Waals surface area contributed by atoms with Gasteiger partial charge in [-0.25, -0.2) is 4.99 Å². The molecular weight excluding hydrogens is 356 g/mol. The lowest BCUT2D eigenvalue weighted by atomic mass is 10.0. The second-order valence-corrected chi connectivity index (χ2v) is 6.78.